The summed E-state index contributed by atoms with van der Waals surface area (Å²) < 4.78 is 0. The van der Waals surface area contributed by atoms with Crippen molar-refractivity contribution in [1.29, 1.82) is 0 Å². The number of thioether (sulfide) groups is 1. The minimum absolute atomic E-state index is 0. The minimum Gasteiger partial charge on any atom is -0.317 e. The monoisotopic (exact) mass is 341 g/mol. The van der Waals surface area contributed by atoms with Gasteiger partial charge in [0, 0.05) is 36.3 Å². The first-order valence-corrected chi connectivity index (χ1v) is 8.68. The van der Waals surface area contributed by atoms with Crippen molar-refractivity contribution in [1.82, 2.24) is 10.2 Å². The van der Waals surface area contributed by atoms with Crippen LogP contribution in [0, 0.1) is 0 Å². The summed E-state index contributed by atoms with van der Waals surface area (Å²) in [6.45, 7) is 3.41. The van der Waals surface area contributed by atoms with Crippen LogP contribution in [0.2, 0.25) is 0 Å². The topological polar surface area (TPSA) is 35.6 Å². The zero-order valence-electron chi connectivity index (χ0n) is 13.0. The second-order valence-corrected chi connectivity index (χ2v) is 6.84. The van der Waals surface area contributed by atoms with E-state index in [2.05, 4.69) is 22.3 Å². The summed E-state index contributed by atoms with van der Waals surface area (Å²) >= 11 is 1.84. The fraction of sp³-hybridized carbons (Fsp3) is 0.562. The number of likely N-dealkylation sites (tertiary alicyclic amines) is 1. The number of hydrogen-bond acceptors (Lipinski definition) is 4. The van der Waals surface area contributed by atoms with E-state index in [1.807, 2.05) is 35.8 Å². The first kappa shape index (κ1) is 17.6. The van der Waals surface area contributed by atoms with Crippen LogP contribution in [0.4, 0.5) is 5.69 Å². The predicted octanol–water partition coefficient (Wildman–Crippen LogP) is 2.23. The molecule has 1 aromatic rings. The van der Waals surface area contributed by atoms with E-state index in [1.54, 1.807) is 0 Å². The molecule has 1 N–H and O–H groups in total. The maximum atomic E-state index is 12.6. The van der Waals surface area contributed by atoms with E-state index in [-0.39, 0.29) is 18.3 Å². The second kappa shape index (κ2) is 8.20. The lowest BCUT2D eigenvalue weighted by Crippen LogP contribution is -2.47. The van der Waals surface area contributed by atoms with E-state index in [9.17, 15) is 4.79 Å². The van der Waals surface area contributed by atoms with Crippen LogP contribution < -0.4 is 10.2 Å². The lowest BCUT2D eigenvalue weighted by molar-refractivity contribution is -0.120. The number of hydrogen-bond donors (Lipinski definition) is 1. The highest BCUT2D eigenvalue weighted by atomic mass is 35.5. The number of anilines is 1. The zero-order valence-corrected chi connectivity index (χ0v) is 14.6. The molecule has 1 aromatic carbocycles. The molecule has 2 aliphatic rings. The van der Waals surface area contributed by atoms with E-state index in [0.717, 1.165) is 43.9 Å². The lowest BCUT2D eigenvalue weighted by atomic mass is 10.1. The highest BCUT2D eigenvalue weighted by Gasteiger charge is 2.26. The number of amides is 1. The van der Waals surface area contributed by atoms with Crippen LogP contribution in [-0.2, 0) is 4.79 Å². The molecular formula is C16H24ClN3OS. The zero-order chi connectivity index (χ0) is 14.7. The molecule has 0 aromatic heterocycles. The Morgan fingerprint density at radius 1 is 1.27 bits per heavy atom. The largest absolute Gasteiger partial charge is 0.317 e. The van der Waals surface area contributed by atoms with Crippen molar-refractivity contribution < 1.29 is 4.79 Å². The van der Waals surface area contributed by atoms with Crippen LogP contribution >= 0.6 is 24.2 Å². The Bertz CT molecular complexity index is 506. The number of carbonyl (C=O) groups is 1. The van der Waals surface area contributed by atoms with Crippen molar-refractivity contribution in [3.05, 3.63) is 24.3 Å². The van der Waals surface area contributed by atoms with Gasteiger partial charge in [-0.1, -0.05) is 12.1 Å². The van der Waals surface area contributed by atoms with E-state index in [0.29, 0.717) is 12.6 Å². The molecular weight excluding hydrogens is 318 g/mol. The van der Waals surface area contributed by atoms with Crippen molar-refractivity contribution in [2.24, 2.45) is 0 Å². The maximum absolute atomic E-state index is 12.6. The normalized spacial score (nSPS) is 19.4. The number of carbonyl (C=O) groups excluding carboxylic acids is 1. The molecule has 2 heterocycles. The number of nitrogens with zero attached hydrogens (tertiary/aromatic N) is 2. The highest BCUT2D eigenvalue weighted by molar-refractivity contribution is 7.99. The summed E-state index contributed by atoms with van der Waals surface area (Å²) in [5, 5.41) is 3.33. The molecule has 0 aliphatic carbocycles. The van der Waals surface area contributed by atoms with Crippen molar-refractivity contribution in [2.75, 3.05) is 43.9 Å². The molecule has 0 saturated carbocycles. The van der Waals surface area contributed by atoms with Gasteiger partial charge in [0.15, 0.2) is 0 Å². The minimum atomic E-state index is 0. The molecule has 1 saturated heterocycles. The van der Waals surface area contributed by atoms with E-state index >= 15 is 0 Å². The number of benzene rings is 1. The van der Waals surface area contributed by atoms with Crippen molar-refractivity contribution >= 4 is 35.8 Å². The van der Waals surface area contributed by atoms with Crippen molar-refractivity contribution in [3.63, 3.8) is 0 Å². The summed E-state index contributed by atoms with van der Waals surface area (Å²) in [6.07, 6.45) is 2.27. The van der Waals surface area contributed by atoms with Crippen LogP contribution in [0.15, 0.2) is 29.2 Å². The standard InChI is InChI=1S/C16H23N3OS.ClH/c1-17-13-6-8-18(9-7-13)12-16(20)19-10-11-21-15-5-3-2-4-14(15)19;/h2-5,13,17H,6-12H2,1H3;1H. The molecule has 1 amide bonds. The number of fused-ring (bicyclic) bond motifs is 1. The molecule has 0 spiro atoms. The van der Waals surface area contributed by atoms with E-state index in [1.165, 1.54) is 4.90 Å². The third kappa shape index (κ3) is 3.96. The Kier molecular flexibility index (Phi) is 6.56. The summed E-state index contributed by atoms with van der Waals surface area (Å²) in [5.74, 6) is 1.23. The molecule has 0 bridgehead atoms. The van der Waals surface area contributed by atoms with Gasteiger partial charge in [-0.3, -0.25) is 9.69 Å². The summed E-state index contributed by atoms with van der Waals surface area (Å²) in [6, 6.07) is 8.85. The lowest BCUT2D eigenvalue weighted by Gasteiger charge is -2.34. The quantitative estimate of drug-likeness (QED) is 0.914. The molecule has 1 fully saturated rings. The third-order valence-corrected chi connectivity index (χ3v) is 5.43. The van der Waals surface area contributed by atoms with Gasteiger partial charge in [-0.15, -0.1) is 24.2 Å². The average Bonchev–Trinajstić information content (AvgIpc) is 2.55. The van der Waals surface area contributed by atoms with Gasteiger partial charge in [0.1, 0.15) is 0 Å². The first-order valence-electron chi connectivity index (χ1n) is 7.70. The van der Waals surface area contributed by atoms with Gasteiger partial charge in [0.2, 0.25) is 5.91 Å². The van der Waals surface area contributed by atoms with Crippen LogP contribution in [0.1, 0.15) is 12.8 Å². The highest BCUT2D eigenvalue weighted by Crippen LogP contribution is 2.34. The number of nitrogens with one attached hydrogen (secondary N) is 1. The van der Waals surface area contributed by atoms with Gasteiger partial charge < -0.3 is 10.2 Å². The molecule has 0 unspecified atom stereocenters. The summed E-state index contributed by atoms with van der Waals surface area (Å²) in [7, 11) is 2.02. The molecule has 3 rings (SSSR count). The maximum Gasteiger partial charge on any atom is 0.241 e. The van der Waals surface area contributed by atoms with E-state index in [4.69, 9.17) is 0 Å². The molecule has 2 aliphatic heterocycles. The summed E-state index contributed by atoms with van der Waals surface area (Å²) in [4.78, 5) is 18.1. The first-order chi connectivity index (χ1) is 10.3. The number of para-hydroxylation sites is 1. The molecule has 22 heavy (non-hydrogen) atoms. The van der Waals surface area contributed by atoms with Gasteiger partial charge in [-0.2, -0.15) is 0 Å². The molecule has 6 heteroatoms. The Morgan fingerprint density at radius 2 is 2.00 bits per heavy atom. The molecule has 122 valence electrons. The van der Waals surface area contributed by atoms with Gasteiger partial charge >= 0.3 is 0 Å². The van der Waals surface area contributed by atoms with Gasteiger partial charge in [0.05, 0.1) is 12.2 Å². The molecule has 0 radical (unpaired) electrons. The average molecular weight is 342 g/mol. The Balaban J connectivity index is 0.00000176. The number of rotatable bonds is 3. The van der Waals surface area contributed by atoms with E-state index < -0.39 is 0 Å². The van der Waals surface area contributed by atoms with Gasteiger partial charge in [-0.25, -0.2) is 0 Å². The Hall–Kier alpha value is -0.750. The van der Waals surface area contributed by atoms with Crippen LogP contribution in [-0.4, -0.2) is 55.8 Å². The van der Waals surface area contributed by atoms with Crippen LogP contribution in [0.5, 0.6) is 0 Å². The third-order valence-electron chi connectivity index (χ3n) is 4.38. The van der Waals surface area contributed by atoms with Gasteiger partial charge in [-0.05, 0) is 32.0 Å². The smallest absolute Gasteiger partial charge is 0.241 e. The fourth-order valence-electron chi connectivity index (χ4n) is 3.08. The molecule has 0 atom stereocenters. The number of piperidine rings is 1. The SMILES string of the molecule is CNC1CCN(CC(=O)N2CCSc3ccccc32)CC1.Cl. The molecule has 4 nitrogen and oxygen atoms in total. The fourth-order valence-corrected chi connectivity index (χ4v) is 4.08. The van der Waals surface area contributed by atoms with Crippen LogP contribution in [0.25, 0.3) is 0 Å². The predicted molar refractivity (Wildman–Crippen MR) is 95.3 cm³/mol. The van der Waals surface area contributed by atoms with Gasteiger partial charge in [0.25, 0.3) is 0 Å². The van der Waals surface area contributed by atoms with Crippen molar-refractivity contribution in [3.8, 4) is 0 Å². The second-order valence-electron chi connectivity index (χ2n) is 5.70. The Morgan fingerprint density at radius 3 is 2.73 bits per heavy atom. The Labute approximate surface area is 143 Å². The van der Waals surface area contributed by atoms with Crippen molar-refractivity contribution in [2.45, 2.75) is 23.8 Å². The summed E-state index contributed by atoms with van der Waals surface area (Å²) in [5.41, 5.74) is 1.09. The number of halogens is 1. The van der Waals surface area contributed by atoms with Crippen LogP contribution in [0.3, 0.4) is 0 Å².